The first-order chi connectivity index (χ1) is 9.70. The first-order valence-electron chi connectivity index (χ1n) is 7.86. The summed E-state index contributed by atoms with van der Waals surface area (Å²) >= 11 is 0. The third-order valence-electron chi connectivity index (χ3n) is 3.96. The van der Waals surface area contributed by atoms with Gasteiger partial charge in [-0.25, -0.2) is 0 Å². The Morgan fingerprint density at radius 3 is 2.70 bits per heavy atom. The van der Waals surface area contributed by atoms with Crippen LogP contribution in [0.2, 0.25) is 0 Å². The van der Waals surface area contributed by atoms with E-state index >= 15 is 0 Å². The van der Waals surface area contributed by atoms with Gasteiger partial charge in [0.2, 0.25) is 0 Å². The van der Waals surface area contributed by atoms with Crippen LogP contribution in [0.5, 0.6) is 0 Å². The zero-order valence-electron chi connectivity index (χ0n) is 13.1. The summed E-state index contributed by atoms with van der Waals surface area (Å²) in [7, 11) is 0. The lowest BCUT2D eigenvalue weighted by atomic mass is 10.0. The van der Waals surface area contributed by atoms with E-state index in [2.05, 4.69) is 55.3 Å². The van der Waals surface area contributed by atoms with Crippen molar-refractivity contribution >= 4 is 0 Å². The quantitative estimate of drug-likeness (QED) is 0.864. The molecule has 0 saturated carbocycles. The van der Waals surface area contributed by atoms with Crippen molar-refractivity contribution in [2.45, 2.75) is 39.3 Å². The number of rotatable bonds is 6. The third-order valence-corrected chi connectivity index (χ3v) is 3.96. The predicted octanol–water partition coefficient (Wildman–Crippen LogP) is 2.62. The molecule has 1 saturated heterocycles. The Balaban J connectivity index is 1.98. The maximum Gasteiger partial charge on any atom is 0.0597 e. The molecule has 1 aliphatic heterocycles. The van der Waals surface area contributed by atoms with E-state index in [4.69, 9.17) is 4.74 Å². The van der Waals surface area contributed by atoms with Crippen molar-refractivity contribution in [2.24, 2.45) is 0 Å². The first-order valence-corrected chi connectivity index (χ1v) is 7.86. The molecule has 1 aliphatic rings. The maximum absolute atomic E-state index is 5.70. The minimum Gasteiger partial charge on any atom is -0.377 e. The molecule has 1 aromatic carbocycles. The van der Waals surface area contributed by atoms with Crippen LogP contribution in [0, 0.1) is 0 Å². The fourth-order valence-corrected chi connectivity index (χ4v) is 2.72. The molecule has 1 fully saturated rings. The van der Waals surface area contributed by atoms with Crippen molar-refractivity contribution < 1.29 is 4.74 Å². The number of benzene rings is 1. The number of nitrogens with one attached hydrogen (secondary N) is 1. The van der Waals surface area contributed by atoms with Gasteiger partial charge in [-0.05, 0) is 31.4 Å². The number of piperazine rings is 1. The highest BCUT2D eigenvalue weighted by Crippen LogP contribution is 2.22. The van der Waals surface area contributed by atoms with E-state index in [1.165, 1.54) is 11.1 Å². The molecule has 2 rings (SSSR count). The molecule has 3 heteroatoms. The lowest BCUT2D eigenvalue weighted by molar-refractivity contribution is 0.0430. The third kappa shape index (κ3) is 4.30. The van der Waals surface area contributed by atoms with E-state index in [0.717, 1.165) is 39.2 Å². The van der Waals surface area contributed by atoms with Crippen molar-refractivity contribution in [3.63, 3.8) is 0 Å². The lowest BCUT2D eigenvalue weighted by Crippen LogP contribution is -2.47. The smallest absolute Gasteiger partial charge is 0.0597 e. The predicted molar refractivity (Wildman–Crippen MR) is 84.1 cm³/mol. The topological polar surface area (TPSA) is 24.5 Å². The summed E-state index contributed by atoms with van der Waals surface area (Å²) in [5, 5.41) is 3.51. The zero-order chi connectivity index (χ0) is 14.4. The van der Waals surface area contributed by atoms with Crippen LogP contribution < -0.4 is 5.32 Å². The largest absolute Gasteiger partial charge is 0.377 e. The van der Waals surface area contributed by atoms with Crippen LogP contribution in [0.4, 0.5) is 0 Å². The van der Waals surface area contributed by atoms with Gasteiger partial charge in [-0.15, -0.1) is 0 Å². The summed E-state index contributed by atoms with van der Waals surface area (Å²) in [5.41, 5.74) is 2.83. The van der Waals surface area contributed by atoms with Gasteiger partial charge in [-0.2, -0.15) is 0 Å². The molecule has 3 nitrogen and oxygen atoms in total. The number of aryl methyl sites for hydroxylation is 1. The summed E-state index contributed by atoms with van der Waals surface area (Å²) in [4.78, 5) is 2.54. The molecule has 20 heavy (non-hydrogen) atoms. The minimum atomic E-state index is 0.320. The Labute approximate surface area is 123 Å². The van der Waals surface area contributed by atoms with Crippen molar-refractivity contribution in [3.8, 4) is 0 Å². The molecule has 0 bridgehead atoms. The van der Waals surface area contributed by atoms with E-state index < -0.39 is 0 Å². The molecule has 0 amide bonds. The van der Waals surface area contributed by atoms with Crippen LogP contribution in [0.3, 0.4) is 0 Å². The Kier molecular flexibility index (Phi) is 6.02. The second-order valence-electron chi connectivity index (χ2n) is 5.77. The first kappa shape index (κ1) is 15.5. The summed E-state index contributed by atoms with van der Waals surface area (Å²) in [6.07, 6.45) is 1.43. The van der Waals surface area contributed by atoms with E-state index in [9.17, 15) is 0 Å². The van der Waals surface area contributed by atoms with Crippen LogP contribution in [-0.2, 0) is 11.2 Å². The number of hydrogen-bond donors (Lipinski definition) is 1. The second-order valence-corrected chi connectivity index (χ2v) is 5.77. The highest BCUT2D eigenvalue weighted by atomic mass is 16.5. The highest BCUT2D eigenvalue weighted by molar-refractivity contribution is 5.25. The van der Waals surface area contributed by atoms with Crippen molar-refractivity contribution in [1.29, 1.82) is 0 Å². The minimum absolute atomic E-state index is 0.320. The molecular weight excluding hydrogens is 248 g/mol. The highest BCUT2D eigenvalue weighted by Gasteiger charge is 2.23. The SMILES string of the molecule is CCc1ccc(C2CNCCN2CCOC(C)C)cc1. The molecule has 0 radical (unpaired) electrons. The van der Waals surface area contributed by atoms with Crippen LogP contribution >= 0.6 is 0 Å². The maximum atomic E-state index is 5.70. The van der Waals surface area contributed by atoms with Gasteiger partial charge in [0.1, 0.15) is 0 Å². The fraction of sp³-hybridized carbons (Fsp3) is 0.647. The average Bonchev–Trinajstić information content (AvgIpc) is 2.47. The van der Waals surface area contributed by atoms with E-state index in [-0.39, 0.29) is 0 Å². The molecule has 1 N–H and O–H groups in total. The molecule has 1 heterocycles. The van der Waals surface area contributed by atoms with Crippen molar-refractivity contribution in [2.75, 3.05) is 32.8 Å². The fourth-order valence-electron chi connectivity index (χ4n) is 2.72. The van der Waals surface area contributed by atoms with Gasteiger partial charge in [0, 0.05) is 32.2 Å². The van der Waals surface area contributed by atoms with Gasteiger partial charge < -0.3 is 10.1 Å². The summed E-state index contributed by atoms with van der Waals surface area (Å²) in [5.74, 6) is 0. The van der Waals surface area contributed by atoms with Crippen LogP contribution in [0.15, 0.2) is 24.3 Å². The van der Waals surface area contributed by atoms with E-state index in [1.807, 2.05) is 0 Å². The Bertz CT molecular complexity index is 388. The second kappa shape index (κ2) is 7.77. The summed E-state index contributed by atoms with van der Waals surface area (Å²) < 4.78 is 5.70. The normalized spacial score (nSPS) is 20.5. The van der Waals surface area contributed by atoms with Gasteiger partial charge in [0.05, 0.1) is 12.7 Å². The van der Waals surface area contributed by atoms with Crippen molar-refractivity contribution in [3.05, 3.63) is 35.4 Å². The molecule has 0 spiro atoms. The van der Waals surface area contributed by atoms with Gasteiger partial charge in [-0.3, -0.25) is 4.90 Å². The molecule has 0 aromatic heterocycles. The van der Waals surface area contributed by atoms with Crippen LogP contribution in [0.25, 0.3) is 0 Å². The molecule has 112 valence electrons. The molecule has 1 unspecified atom stereocenters. The molecule has 0 aliphatic carbocycles. The van der Waals surface area contributed by atoms with Gasteiger partial charge in [0.25, 0.3) is 0 Å². The number of hydrogen-bond acceptors (Lipinski definition) is 3. The van der Waals surface area contributed by atoms with Gasteiger partial charge in [0.15, 0.2) is 0 Å². The number of nitrogens with zero attached hydrogens (tertiary/aromatic N) is 1. The van der Waals surface area contributed by atoms with Gasteiger partial charge in [-0.1, -0.05) is 31.2 Å². The summed E-state index contributed by atoms with van der Waals surface area (Å²) in [6.45, 7) is 11.4. The number of ether oxygens (including phenoxy) is 1. The van der Waals surface area contributed by atoms with Crippen molar-refractivity contribution in [1.82, 2.24) is 10.2 Å². The molecule has 1 aromatic rings. The summed E-state index contributed by atoms with van der Waals surface area (Å²) in [6, 6.07) is 9.56. The Hall–Kier alpha value is -0.900. The lowest BCUT2D eigenvalue weighted by Gasteiger charge is -2.36. The Morgan fingerprint density at radius 2 is 2.05 bits per heavy atom. The van der Waals surface area contributed by atoms with E-state index in [0.29, 0.717) is 12.1 Å². The molecular formula is C17H28N2O. The van der Waals surface area contributed by atoms with Gasteiger partial charge >= 0.3 is 0 Å². The standard InChI is InChI=1S/C17H28N2O/c1-4-15-5-7-16(8-6-15)17-13-18-9-10-19(17)11-12-20-14(2)3/h5-8,14,17-18H,4,9-13H2,1-3H3. The van der Waals surface area contributed by atoms with Crippen LogP contribution in [-0.4, -0.2) is 43.8 Å². The monoisotopic (exact) mass is 276 g/mol. The average molecular weight is 276 g/mol. The molecule has 1 atom stereocenters. The van der Waals surface area contributed by atoms with Crippen LogP contribution in [0.1, 0.15) is 37.9 Å². The van der Waals surface area contributed by atoms with E-state index in [1.54, 1.807) is 0 Å². The zero-order valence-corrected chi connectivity index (χ0v) is 13.1. The Morgan fingerprint density at radius 1 is 1.30 bits per heavy atom.